The van der Waals surface area contributed by atoms with E-state index in [1.165, 1.54) is 161 Å². The molecule has 0 heterocycles. The molecule has 0 aromatic rings. The summed E-state index contributed by atoms with van der Waals surface area (Å²) in [5.74, 6) is -0.876. The number of phosphoric ester groups is 1. The van der Waals surface area contributed by atoms with E-state index in [0.717, 1.165) is 51.4 Å². The number of phosphoric acid groups is 1. The van der Waals surface area contributed by atoms with Crippen LogP contribution in [0.15, 0.2) is 24.3 Å². The van der Waals surface area contributed by atoms with Gasteiger partial charge < -0.3 is 19.3 Å². The van der Waals surface area contributed by atoms with E-state index in [-0.39, 0.29) is 19.4 Å². The van der Waals surface area contributed by atoms with Crippen molar-refractivity contribution in [2.24, 2.45) is 0 Å². The fourth-order valence-corrected chi connectivity index (χ4v) is 7.30. The molecule has 0 aromatic carbocycles. The van der Waals surface area contributed by atoms with Gasteiger partial charge in [0.2, 0.25) is 0 Å². The third-order valence-corrected chi connectivity index (χ3v) is 11.0. The Morgan fingerprint density at radius 1 is 0.464 bits per heavy atom. The third kappa shape index (κ3) is 45.2. The summed E-state index contributed by atoms with van der Waals surface area (Å²) >= 11 is 0. The minimum Gasteiger partial charge on any atom is -0.462 e. The van der Waals surface area contributed by atoms with Crippen LogP contribution in [0.5, 0.6) is 0 Å². The van der Waals surface area contributed by atoms with Gasteiger partial charge in [-0.2, -0.15) is 0 Å². The Labute approximate surface area is 345 Å². The average molecular weight is 813 g/mol. The summed E-state index contributed by atoms with van der Waals surface area (Å²) in [5.41, 5.74) is 0. The summed E-state index contributed by atoms with van der Waals surface area (Å²) in [6.45, 7) is 3.70. The molecular weight excluding hydrogens is 723 g/mol. The van der Waals surface area contributed by atoms with Crippen molar-refractivity contribution in [3.05, 3.63) is 24.3 Å². The van der Waals surface area contributed by atoms with Gasteiger partial charge in [-0.1, -0.05) is 212 Å². The van der Waals surface area contributed by atoms with E-state index in [1.807, 2.05) is 0 Å². The van der Waals surface area contributed by atoms with Crippen molar-refractivity contribution in [3.8, 4) is 0 Å². The van der Waals surface area contributed by atoms with Gasteiger partial charge >= 0.3 is 19.8 Å². The molecule has 0 radical (unpaired) electrons. The topological polar surface area (TPSA) is 119 Å². The lowest BCUT2D eigenvalue weighted by atomic mass is 10.0. The Kier molecular flexibility index (Phi) is 42.0. The second kappa shape index (κ2) is 43.1. The van der Waals surface area contributed by atoms with Gasteiger partial charge in [0.1, 0.15) is 6.61 Å². The van der Waals surface area contributed by atoms with E-state index >= 15 is 0 Å². The van der Waals surface area contributed by atoms with Crippen molar-refractivity contribution in [2.75, 3.05) is 13.2 Å². The van der Waals surface area contributed by atoms with E-state index in [9.17, 15) is 14.2 Å². The molecule has 0 aliphatic carbocycles. The summed E-state index contributed by atoms with van der Waals surface area (Å²) in [4.78, 5) is 43.0. The van der Waals surface area contributed by atoms with Crippen molar-refractivity contribution >= 4 is 19.8 Å². The maximum atomic E-state index is 12.4. The van der Waals surface area contributed by atoms with Crippen LogP contribution in [-0.2, 0) is 28.2 Å². The van der Waals surface area contributed by atoms with Gasteiger partial charge in [0.05, 0.1) is 6.61 Å². The van der Waals surface area contributed by atoms with Crippen molar-refractivity contribution in [1.82, 2.24) is 0 Å². The second-order valence-electron chi connectivity index (χ2n) is 16.1. The highest BCUT2D eigenvalue weighted by atomic mass is 31.2. The van der Waals surface area contributed by atoms with E-state index in [1.54, 1.807) is 0 Å². The third-order valence-electron chi connectivity index (χ3n) is 10.5. The van der Waals surface area contributed by atoms with Crippen LogP contribution in [-0.4, -0.2) is 41.0 Å². The molecule has 0 amide bonds. The van der Waals surface area contributed by atoms with Gasteiger partial charge in [0, 0.05) is 12.8 Å². The number of ether oxygens (including phenoxy) is 2. The zero-order valence-corrected chi connectivity index (χ0v) is 37.4. The normalized spacial score (nSPS) is 12.6. The van der Waals surface area contributed by atoms with Crippen molar-refractivity contribution < 1.29 is 37.9 Å². The van der Waals surface area contributed by atoms with E-state index in [0.29, 0.717) is 6.42 Å². The molecule has 0 spiro atoms. The SMILES string of the molecule is CCCCC/C=C/C/C=C/CCCCCCCCCCCC(=O)O[C@H](COC(=O)CCCCCCCCCCCCCCCCCCCCC)COP(=O)(O)O. The lowest BCUT2D eigenvalue weighted by molar-refractivity contribution is -0.161. The minimum absolute atomic E-state index is 0.210. The second-order valence-corrected chi connectivity index (χ2v) is 17.3. The number of unbranched alkanes of at least 4 members (excludes halogenated alkanes) is 30. The first-order chi connectivity index (χ1) is 27.3. The summed E-state index contributed by atoms with van der Waals surface area (Å²) in [6.07, 6.45) is 50.4. The standard InChI is InChI=1S/C47H89O8P/c1-3-5-7-9-11-13-15-17-19-21-23-25-27-29-31-33-35-37-39-41-46(48)53-43-45(44-54-56(50,51)52)55-47(49)42-40-38-36-34-32-30-28-26-24-22-20-18-16-14-12-10-8-6-4-2/h12,14,18,20,45H,3-11,13,15-17,19,21-44H2,1-2H3,(H2,50,51,52)/b14-12+,20-18+/t45-/m1/s1. The number of hydrogen-bond donors (Lipinski definition) is 2. The molecule has 1 atom stereocenters. The largest absolute Gasteiger partial charge is 0.469 e. The highest BCUT2D eigenvalue weighted by Gasteiger charge is 2.23. The number of esters is 2. The molecule has 9 heteroatoms. The lowest BCUT2D eigenvalue weighted by Gasteiger charge is -2.18. The zero-order valence-electron chi connectivity index (χ0n) is 36.5. The fraction of sp³-hybridized carbons (Fsp3) is 0.872. The van der Waals surface area contributed by atoms with E-state index in [4.69, 9.17) is 19.3 Å². The number of hydrogen-bond acceptors (Lipinski definition) is 6. The molecule has 0 fully saturated rings. The highest BCUT2D eigenvalue weighted by Crippen LogP contribution is 2.36. The Bertz CT molecular complexity index is 962. The van der Waals surface area contributed by atoms with Crippen LogP contribution >= 0.6 is 7.82 Å². The highest BCUT2D eigenvalue weighted by molar-refractivity contribution is 7.46. The summed E-state index contributed by atoms with van der Waals surface area (Å²) < 4.78 is 26.5. The van der Waals surface area contributed by atoms with Gasteiger partial charge in [-0.25, -0.2) is 4.57 Å². The molecule has 0 rings (SSSR count). The van der Waals surface area contributed by atoms with Gasteiger partial charge in [0.25, 0.3) is 0 Å². The van der Waals surface area contributed by atoms with Crippen LogP contribution in [0.3, 0.4) is 0 Å². The number of carbonyl (C=O) groups is 2. The Balaban J connectivity index is 3.83. The number of allylic oxidation sites excluding steroid dienone is 4. The molecule has 0 unspecified atom stereocenters. The van der Waals surface area contributed by atoms with Crippen LogP contribution in [0, 0.1) is 0 Å². The van der Waals surface area contributed by atoms with Crippen molar-refractivity contribution in [2.45, 2.75) is 251 Å². The first kappa shape index (κ1) is 54.5. The molecule has 0 saturated carbocycles. The summed E-state index contributed by atoms with van der Waals surface area (Å²) in [5, 5.41) is 0. The van der Waals surface area contributed by atoms with Gasteiger partial charge in [0.15, 0.2) is 6.10 Å². The fourth-order valence-electron chi connectivity index (χ4n) is 6.93. The first-order valence-corrected chi connectivity index (χ1v) is 25.2. The predicted octanol–water partition coefficient (Wildman–Crippen LogP) is 14.7. The number of rotatable bonds is 44. The lowest BCUT2D eigenvalue weighted by Crippen LogP contribution is -2.29. The molecule has 330 valence electrons. The first-order valence-electron chi connectivity index (χ1n) is 23.6. The van der Waals surface area contributed by atoms with E-state index < -0.39 is 32.5 Å². The quantitative estimate of drug-likeness (QED) is 0.0270. The minimum atomic E-state index is -4.76. The molecule has 0 saturated heterocycles. The monoisotopic (exact) mass is 813 g/mol. The molecule has 2 N–H and O–H groups in total. The van der Waals surface area contributed by atoms with Crippen LogP contribution in [0.1, 0.15) is 245 Å². The smallest absolute Gasteiger partial charge is 0.462 e. The van der Waals surface area contributed by atoms with Crippen LogP contribution in [0.2, 0.25) is 0 Å². The van der Waals surface area contributed by atoms with Crippen molar-refractivity contribution in [1.29, 1.82) is 0 Å². The maximum absolute atomic E-state index is 12.4. The molecule has 0 bridgehead atoms. The molecule has 0 aliphatic rings. The molecular formula is C47H89O8P. The maximum Gasteiger partial charge on any atom is 0.469 e. The van der Waals surface area contributed by atoms with Crippen LogP contribution in [0.4, 0.5) is 0 Å². The Morgan fingerprint density at radius 2 is 0.804 bits per heavy atom. The molecule has 8 nitrogen and oxygen atoms in total. The predicted molar refractivity (Wildman–Crippen MR) is 235 cm³/mol. The number of carbonyl (C=O) groups excluding carboxylic acids is 2. The summed E-state index contributed by atoms with van der Waals surface area (Å²) in [6, 6.07) is 0. The molecule has 0 aliphatic heterocycles. The summed E-state index contributed by atoms with van der Waals surface area (Å²) in [7, 11) is -4.76. The Hall–Kier alpha value is -1.47. The van der Waals surface area contributed by atoms with Gasteiger partial charge in [-0.3, -0.25) is 14.1 Å². The van der Waals surface area contributed by atoms with Crippen LogP contribution < -0.4 is 0 Å². The van der Waals surface area contributed by atoms with Crippen molar-refractivity contribution in [3.63, 3.8) is 0 Å². The average Bonchev–Trinajstić information content (AvgIpc) is 3.17. The van der Waals surface area contributed by atoms with Crippen LogP contribution in [0.25, 0.3) is 0 Å². The Morgan fingerprint density at radius 3 is 1.21 bits per heavy atom. The van der Waals surface area contributed by atoms with E-state index in [2.05, 4.69) is 42.7 Å². The molecule has 56 heavy (non-hydrogen) atoms. The van der Waals surface area contributed by atoms with Gasteiger partial charge in [-0.05, 0) is 44.9 Å². The molecule has 0 aromatic heterocycles. The van der Waals surface area contributed by atoms with Gasteiger partial charge in [-0.15, -0.1) is 0 Å². The zero-order chi connectivity index (χ0) is 41.1.